The molecule has 14 nitrogen and oxygen atoms in total. The van der Waals surface area contributed by atoms with E-state index in [2.05, 4.69) is 31.2 Å². The predicted octanol–water partition coefficient (Wildman–Crippen LogP) is 6.07. The van der Waals surface area contributed by atoms with Gasteiger partial charge in [0.25, 0.3) is 0 Å². The maximum atomic E-state index is 14.0. The van der Waals surface area contributed by atoms with E-state index in [0.29, 0.717) is 23.7 Å². The molecule has 0 bridgehead atoms. The summed E-state index contributed by atoms with van der Waals surface area (Å²) in [5, 5.41) is 25.2. The van der Waals surface area contributed by atoms with Crippen LogP contribution in [0.1, 0.15) is 63.4 Å². The van der Waals surface area contributed by atoms with Gasteiger partial charge in [0.1, 0.15) is 18.2 Å². The van der Waals surface area contributed by atoms with Crippen LogP contribution < -0.4 is 21.3 Å². The molecule has 0 aliphatic heterocycles. The second kappa shape index (κ2) is 20.9. The summed E-state index contributed by atoms with van der Waals surface area (Å²) in [6.07, 6.45) is 1.65. The molecular formula is C41H53N7O7S. The van der Waals surface area contributed by atoms with Crippen molar-refractivity contribution in [1.82, 2.24) is 30.8 Å². The number of aliphatic hydroxyl groups is 1. The molecule has 4 atom stereocenters. The van der Waals surface area contributed by atoms with Crippen LogP contribution >= 0.6 is 11.3 Å². The number of rotatable bonds is 17. The van der Waals surface area contributed by atoms with Crippen LogP contribution in [-0.4, -0.2) is 81.0 Å². The number of carbonyl (C=O) groups is 4. The zero-order valence-electron chi connectivity index (χ0n) is 32.7. The lowest BCUT2D eigenvalue weighted by Gasteiger charge is -2.31. The van der Waals surface area contributed by atoms with E-state index in [1.54, 1.807) is 57.7 Å². The second-order valence-electron chi connectivity index (χ2n) is 14.9. The van der Waals surface area contributed by atoms with Gasteiger partial charge in [0, 0.05) is 36.4 Å². The fourth-order valence-corrected chi connectivity index (χ4v) is 6.42. The Hall–Kier alpha value is -5.54. The van der Waals surface area contributed by atoms with Gasteiger partial charge in [-0.05, 0) is 63.1 Å². The molecule has 56 heavy (non-hydrogen) atoms. The number of carbonyl (C=O) groups excluding carboxylic acids is 4. The number of anilines is 1. The first-order chi connectivity index (χ1) is 26.6. The maximum Gasteiger partial charge on any atom is 0.413 e. The van der Waals surface area contributed by atoms with Crippen LogP contribution in [0.4, 0.5) is 19.5 Å². The van der Waals surface area contributed by atoms with Crippen LogP contribution in [0.5, 0.6) is 0 Å². The Labute approximate surface area is 332 Å². The molecule has 4 aromatic rings. The first kappa shape index (κ1) is 43.2. The minimum atomic E-state index is -1.11. The first-order valence-electron chi connectivity index (χ1n) is 18.5. The van der Waals surface area contributed by atoms with E-state index in [1.807, 2.05) is 74.5 Å². The molecule has 0 aliphatic carbocycles. The largest absolute Gasteiger partial charge is 0.445 e. The highest BCUT2D eigenvalue weighted by Gasteiger charge is 2.32. The fraction of sp³-hybridized carbons (Fsp3) is 0.415. The maximum absolute atomic E-state index is 14.0. The third-order valence-corrected chi connectivity index (χ3v) is 9.30. The molecule has 2 aromatic carbocycles. The van der Waals surface area contributed by atoms with Gasteiger partial charge in [0.05, 0.1) is 24.4 Å². The van der Waals surface area contributed by atoms with Gasteiger partial charge in [0.2, 0.25) is 5.91 Å². The highest BCUT2D eigenvalue weighted by atomic mass is 32.1. The quantitative estimate of drug-likeness (QED) is 0.0848. The molecular weight excluding hydrogens is 735 g/mol. The van der Waals surface area contributed by atoms with Crippen LogP contribution in [0.3, 0.4) is 0 Å². The predicted molar refractivity (Wildman–Crippen MR) is 215 cm³/mol. The number of aliphatic hydroxyl groups excluding tert-OH is 1. The summed E-state index contributed by atoms with van der Waals surface area (Å²) in [6.45, 7) is 9.06. The Kier molecular flexibility index (Phi) is 16.2. The molecule has 0 unspecified atom stereocenters. The number of benzene rings is 2. The number of urea groups is 1. The minimum absolute atomic E-state index is 0.0284. The van der Waals surface area contributed by atoms with Crippen molar-refractivity contribution in [2.45, 2.75) is 96.9 Å². The number of nitrogens with zero attached hydrogens (tertiary/aromatic N) is 3. The molecule has 5 N–H and O–H groups in total. The number of pyridine rings is 1. The van der Waals surface area contributed by atoms with Crippen LogP contribution in [0.15, 0.2) is 90.6 Å². The van der Waals surface area contributed by atoms with Crippen LogP contribution in [0.2, 0.25) is 0 Å². The van der Waals surface area contributed by atoms with Crippen LogP contribution in [0.25, 0.3) is 0 Å². The number of alkyl carbamates (subject to hydrolysis) is 1. The lowest BCUT2D eigenvalue weighted by molar-refractivity contribution is -0.125. The molecule has 4 rings (SSSR count). The van der Waals surface area contributed by atoms with Gasteiger partial charge >= 0.3 is 18.2 Å². The van der Waals surface area contributed by atoms with Gasteiger partial charge in [-0.15, -0.1) is 11.3 Å². The Morgan fingerprint density at radius 2 is 1.50 bits per heavy atom. The van der Waals surface area contributed by atoms with E-state index in [9.17, 15) is 24.3 Å². The molecule has 0 aliphatic rings. The van der Waals surface area contributed by atoms with E-state index in [4.69, 9.17) is 9.47 Å². The van der Waals surface area contributed by atoms with E-state index in [-0.39, 0.29) is 25.5 Å². The molecule has 2 aromatic heterocycles. The summed E-state index contributed by atoms with van der Waals surface area (Å²) >= 11 is 1.20. The average Bonchev–Trinajstić information content (AvgIpc) is 3.58. The normalized spacial score (nSPS) is 13.4. The zero-order chi connectivity index (χ0) is 40.7. The van der Waals surface area contributed by atoms with E-state index in [0.717, 1.165) is 16.7 Å². The smallest absolute Gasteiger partial charge is 0.413 e. The van der Waals surface area contributed by atoms with Gasteiger partial charge in [-0.2, -0.15) is 0 Å². The van der Waals surface area contributed by atoms with Gasteiger partial charge in [-0.1, -0.05) is 80.6 Å². The van der Waals surface area contributed by atoms with Crippen molar-refractivity contribution in [3.8, 4) is 0 Å². The van der Waals surface area contributed by atoms with Gasteiger partial charge in [-0.25, -0.2) is 19.4 Å². The fourth-order valence-electron chi connectivity index (χ4n) is 5.73. The number of ether oxygens (including phenoxy) is 2. The van der Waals surface area contributed by atoms with Crippen molar-refractivity contribution in [1.29, 1.82) is 0 Å². The van der Waals surface area contributed by atoms with Gasteiger partial charge < -0.3 is 35.4 Å². The van der Waals surface area contributed by atoms with Gasteiger partial charge in [0.15, 0.2) is 5.13 Å². The standard InChI is InChI=1S/C41H53N7O7S/c1-27(2)35(46-38(51)48(6)24-32-26-56-37(43-32)47-40(53)55-41(3,4)5)36(50)45-33(21-29-16-11-8-12-17-29)34(49)22-31(20-28-14-9-7-10-15-28)44-39(52)54-25-30-18-13-19-42-23-30/h7-19,23,26-27,31,33-35,49H,20-22,24-25H2,1-6H3,(H,44,52)(H,45,50)(H,46,51)(H,43,47,53)/t31-,33-,34-,35-/m0/s1. The molecule has 0 saturated carbocycles. The molecule has 5 amide bonds. The molecule has 300 valence electrons. The number of aromatic nitrogens is 2. The third-order valence-electron chi connectivity index (χ3n) is 8.49. The highest BCUT2D eigenvalue weighted by Crippen LogP contribution is 2.19. The number of nitrogens with one attached hydrogen (secondary N) is 4. The van der Waals surface area contributed by atoms with Crippen LogP contribution in [-0.2, 0) is 40.3 Å². The number of hydrogen-bond donors (Lipinski definition) is 5. The third kappa shape index (κ3) is 14.9. The van der Waals surface area contributed by atoms with Crippen molar-refractivity contribution < 1.29 is 33.8 Å². The van der Waals surface area contributed by atoms with Crippen molar-refractivity contribution in [3.05, 3.63) is 113 Å². The SMILES string of the molecule is CC(C)[C@H](NC(=O)N(C)Cc1csc(NC(=O)OC(C)(C)C)n1)C(=O)N[C@@H](Cc1ccccc1)[C@@H](O)C[C@H](Cc1ccccc1)NC(=O)OCc1cccnc1. The van der Waals surface area contributed by atoms with E-state index in [1.165, 1.54) is 16.2 Å². The lowest BCUT2D eigenvalue weighted by Crippen LogP contribution is -2.57. The first-order valence-corrected chi connectivity index (χ1v) is 19.4. The van der Waals surface area contributed by atoms with Crippen LogP contribution in [0, 0.1) is 5.92 Å². The van der Waals surface area contributed by atoms with Gasteiger partial charge in [-0.3, -0.25) is 15.1 Å². The summed E-state index contributed by atoms with van der Waals surface area (Å²) in [5.74, 6) is -0.782. The monoisotopic (exact) mass is 787 g/mol. The Bertz CT molecular complexity index is 1840. The molecule has 2 heterocycles. The molecule has 0 radical (unpaired) electrons. The summed E-state index contributed by atoms with van der Waals surface area (Å²) in [6, 6.07) is 19.8. The van der Waals surface area contributed by atoms with Crippen molar-refractivity contribution in [2.24, 2.45) is 5.92 Å². The molecule has 0 saturated heterocycles. The number of hydrogen-bond acceptors (Lipinski definition) is 10. The summed E-state index contributed by atoms with van der Waals surface area (Å²) in [4.78, 5) is 62.3. The van der Waals surface area contributed by atoms with Crippen molar-refractivity contribution in [2.75, 3.05) is 12.4 Å². The average molecular weight is 788 g/mol. The summed E-state index contributed by atoms with van der Waals surface area (Å²) in [5.41, 5.74) is 2.43. The molecule has 0 spiro atoms. The summed E-state index contributed by atoms with van der Waals surface area (Å²) in [7, 11) is 1.58. The summed E-state index contributed by atoms with van der Waals surface area (Å²) < 4.78 is 10.8. The van der Waals surface area contributed by atoms with E-state index < -0.39 is 54.0 Å². The zero-order valence-corrected chi connectivity index (χ0v) is 33.5. The molecule has 15 heteroatoms. The molecule has 0 fully saturated rings. The second-order valence-corrected chi connectivity index (χ2v) is 15.7. The van der Waals surface area contributed by atoms with Crippen molar-refractivity contribution >= 4 is 40.6 Å². The Balaban J connectivity index is 1.44. The van der Waals surface area contributed by atoms with Crippen molar-refractivity contribution in [3.63, 3.8) is 0 Å². The minimum Gasteiger partial charge on any atom is -0.445 e. The van der Waals surface area contributed by atoms with E-state index >= 15 is 0 Å². The Morgan fingerprint density at radius 3 is 2.11 bits per heavy atom. The Morgan fingerprint density at radius 1 is 0.857 bits per heavy atom. The lowest BCUT2D eigenvalue weighted by atomic mass is 9.93. The highest BCUT2D eigenvalue weighted by molar-refractivity contribution is 7.13. The topological polar surface area (TPSA) is 184 Å². The number of amides is 5. The number of thiazole rings is 1.